The Bertz CT molecular complexity index is 911. The number of likely N-dealkylation sites (tertiary alicyclic amines) is 1. The van der Waals surface area contributed by atoms with Crippen molar-refractivity contribution >= 4 is 5.91 Å². The molecule has 1 heterocycles. The monoisotopic (exact) mass is 371 g/mol. The Hall–Kier alpha value is -2.91. The zero-order valence-electron chi connectivity index (χ0n) is 16.0. The normalized spacial score (nSPS) is 24.7. The van der Waals surface area contributed by atoms with E-state index in [1.807, 2.05) is 83.8 Å². The van der Waals surface area contributed by atoms with Gasteiger partial charge in [0.15, 0.2) is 0 Å². The third-order valence-corrected chi connectivity index (χ3v) is 5.73. The highest BCUT2D eigenvalue weighted by Crippen LogP contribution is 2.49. The van der Waals surface area contributed by atoms with Gasteiger partial charge in [-0.15, -0.1) is 0 Å². The van der Waals surface area contributed by atoms with Crippen LogP contribution >= 0.6 is 0 Å². The highest BCUT2D eigenvalue weighted by Gasteiger charge is 2.45. The number of nitrogens with zero attached hydrogens (tertiary/aromatic N) is 1. The Labute approximate surface area is 166 Å². The van der Waals surface area contributed by atoms with Gasteiger partial charge in [-0.2, -0.15) is 0 Å². The number of hydrogen-bond acceptors (Lipinski definition) is 2. The maximum absolute atomic E-state index is 12.9. The van der Waals surface area contributed by atoms with E-state index in [9.17, 15) is 9.90 Å². The minimum absolute atomic E-state index is 0.0236. The highest BCUT2D eigenvalue weighted by atomic mass is 16.3. The summed E-state index contributed by atoms with van der Waals surface area (Å²) in [4.78, 5) is 14.9. The molecule has 0 bridgehead atoms. The summed E-state index contributed by atoms with van der Waals surface area (Å²) in [6, 6.07) is 29.8. The number of rotatable bonds is 3. The van der Waals surface area contributed by atoms with E-state index in [-0.39, 0.29) is 23.9 Å². The second kappa shape index (κ2) is 7.99. The van der Waals surface area contributed by atoms with E-state index in [4.69, 9.17) is 0 Å². The van der Waals surface area contributed by atoms with Gasteiger partial charge in [0.2, 0.25) is 5.91 Å². The van der Waals surface area contributed by atoms with Gasteiger partial charge in [-0.1, -0.05) is 91.0 Å². The summed E-state index contributed by atoms with van der Waals surface area (Å²) in [5, 5.41) is 11.2. The molecule has 3 nitrogen and oxygen atoms in total. The number of benzene rings is 3. The van der Waals surface area contributed by atoms with Crippen LogP contribution in [0.4, 0.5) is 0 Å². The van der Waals surface area contributed by atoms with Crippen LogP contribution in [0.2, 0.25) is 0 Å². The lowest BCUT2D eigenvalue weighted by atomic mass is 9.74. The molecule has 1 aliphatic rings. The van der Waals surface area contributed by atoms with Crippen LogP contribution in [-0.4, -0.2) is 22.0 Å². The van der Waals surface area contributed by atoms with Crippen molar-refractivity contribution in [2.45, 2.75) is 37.5 Å². The Morgan fingerprint density at radius 1 is 0.786 bits per heavy atom. The molecule has 1 aliphatic heterocycles. The fraction of sp³-hybridized carbons (Fsp3) is 0.240. The Morgan fingerprint density at radius 3 is 1.75 bits per heavy atom. The summed E-state index contributed by atoms with van der Waals surface area (Å²) in [6.07, 6.45) is -0.0274. The smallest absolute Gasteiger partial charge is 0.220 e. The number of carbonyl (C=O) groups is 1. The lowest BCUT2D eigenvalue weighted by Crippen LogP contribution is -2.48. The average molecular weight is 371 g/mol. The summed E-state index contributed by atoms with van der Waals surface area (Å²) in [6.45, 7) is 1.63. The van der Waals surface area contributed by atoms with Gasteiger partial charge in [0.25, 0.3) is 0 Å². The van der Waals surface area contributed by atoms with Crippen LogP contribution in [0.15, 0.2) is 91.0 Å². The Kier molecular flexibility index (Phi) is 5.27. The molecule has 0 radical (unpaired) electrons. The third-order valence-electron chi connectivity index (χ3n) is 5.73. The first-order valence-electron chi connectivity index (χ1n) is 9.78. The molecular weight excluding hydrogens is 346 g/mol. The summed E-state index contributed by atoms with van der Waals surface area (Å²) in [5.41, 5.74) is 3.16. The maximum Gasteiger partial charge on any atom is 0.220 e. The maximum atomic E-state index is 12.9. The molecule has 1 fully saturated rings. The number of amides is 1. The van der Waals surface area contributed by atoms with E-state index < -0.39 is 6.10 Å². The quantitative estimate of drug-likeness (QED) is 0.714. The second-order valence-electron chi connectivity index (χ2n) is 7.45. The number of aliphatic hydroxyl groups excluding tert-OH is 1. The van der Waals surface area contributed by atoms with Crippen molar-refractivity contribution in [1.29, 1.82) is 0 Å². The molecule has 4 rings (SSSR count). The molecule has 0 saturated carbocycles. The van der Waals surface area contributed by atoms with Gasteiger partial charge < -0.3 is 10.0 Å². The SMILES string of the molecule is CC(=O)N1[C@H](c2ccccc2)[C@@H](c2ccccc2)[C@@H](O)C[C@H]1c1ccccc1. The largest absolute Gasteiger partial charge is 0.392 e. The second-order valence-corrected chi connectivity index (χ2v) is 7.45. The van der Waals surface area contributed by atoms with Gasteiger partial charge in [-0.3, -0.25) is 4.79 Å². The molecule has 4 atom stereocenters. The number of hydrogen-bond donors (Lipinski definition) is 1. The predicted molar refractivity (Wildman–Crippen MR) is 111 cm³/mol. The van der Waals surface area contributed by atoms with Gasteiger partial charge in [0, 0.05) is 12.8 Å². The van der Waals surface area contributed by atoms with E-state index >= 15 is 0 Å². The first kappa shape index (κ1) is 18.5. The first-order valence-corrected chi connectivity index (χ1v) is 9.78. The zero-order chi connectivity index (χ0) is 19.5. The molecule has 0 aliphatic carbocycles. The lowest BCUT2D eigenvalue weighted by Gasteiger charge is -2.49. The van der Waals surface area contributed by atoms with Gasteiger partial charge in [0.1, 0.15) is 0 Å². The Balaban J connectivity index is 1.86. The molecule has 1 amide bonds. The molecule has 3 aromatic carbocycles. The molecular formula is C25H25NO2. The van der Waals surface area contributed by atoms with Crippen molar-refractivity contribution in [2.24, 2.45) is 0 Å². The van der Waals surface area contributed by atoms with Crippen molar-refractivity contribution in [3.05, 3.63) is 108 Å². The van der Waals surface area contributed by atoms with Crippen molar-refractivity contribution in [2.75, 3.05) is 0 Å². The molecule has 0 spiro atoms. The number of piperidine rings is 1. The summed E-state index contributed by atoms with van der Waals surface area (Å²) >= 11 is 0. The molecule has 28 heavy (non-hydrogen) atoms. The predicted octanol–water partition coefficient (Wildman–Crippen LogP) is 4.87. The fourth-order valence-electron chi connectivity index (χ4n) is 4.55. The zero-order valence-corrected chi connectivity index (χ0v) is 16.0. The lowest BCUT2D eigenvalue weighted by molar-refractivity contribution is -0.140. The third kappa shape index (κ3) is 3.46. The van der Waals surface area contributed by atoms with E-state index in [0.29, 0.717) is 6.42 Å². The summed E-state index contributed by atoms with van der Waals surface area (Å²) in [7, 11) is 0. The van der Waals surface area contributed by atoms with E-state index in [1.54, 1.807) is 6.92 Å². The van der Waals surface area contributed by atoms with Crippen LogP contribution in [0.1, 0.15) is 48.0 Å². The molecule has 0 unspecified atom stereocenters. The Morgan fingerprint density at radius 2 is 1.25 bits per heavy atom. The van der Waals surface area contributed by atoms with E-state index in [1.165, 1.54) is 0 Å². The van der Waals surface area contributed by atoms with Crippen molar-refractivity contribution in [3.63, 3.8) is 0 Å². The molecule has 1 N–H and O–H groups in total. The minimum Gasteiger partial charge on any atom is -0.392 e. The van der Waals surface area contributed by atoms with Gasteiger partial charge in [-0.25, -0.2) is 0 Å². The van der Waals surface area contributed by atoms with Crippen LogP contribution in [0.5, 0.6) is 0 Å². The number of carbonyl (C=O) groups excluding carboxylic acids is 1. The molecule has 0 aromatic heterocycles. The van der Waals surface area contributed by atoms with Gasteiger partial charge in [0.05, 0.1) is 18.2 Å². The average Bonchev–Trinajstić information content (AvgIpc) is 2.74. The van der Waals surface area contributed by atoms with Crippen molar-refractivity contribution < 1.29 is 9.90 Å². The number of aliphatic hydroxyl groups is 1. The molecule has 3 heteroatoms. The first-order chi connectivity index (χ1) is 13.7. The molecule has 1 saturated heterocycles. The standard InChI is InChI=1S/C25H25NO2/c1-18(27)26-22(19-11-5-2-6-12-19)17-23(28)24(20-13-7-3-8-14-20)25(26)21-15-9-4-10-16-21/h2-16,22-25,28H,17H2,1H3/t22-,23-,24-,25+/m0/s1. The minimum atomic E-state index is -0.548. The van der Waals surface area contributed by atoms with Crippen LogP contribution in [0, 0.1) is 0 Å². The van der Waals surface area contributed by atoms with Gasteiger partial charge >= 0.3 is 0 Å². The van der Waals surface area contributed by atoms with Crippen molar-refractivity contribution in [3.8, 4) is 0 Å². The summed E-state index contributed by atoms with van der Waals surface area (Å²) < 4.78 is 0. The van der Waals surface area contributed by atoms with Gasteiger partial charge in [-0.05, 0) is 23.1 Å². The topological polar surface area (TPSA) is 40.5 Å². The van der Waals surface area contributed by atoms with Crippen LogP contribution in [-0.2, 0) is 4.79 Å². The van der Waals surface area contributed by atoms with Crippen LogP contribution in [0.25, 0.3) is 0 Å². The van der Waals surface area contributed by atoms with Crippen LogP contribution in [0.3, 0.4) is 0 Å². The van der Waals surface area contributed by atoms with Crippen LogP contribution < -0.4 is 0 Å². The fourth-order valence-corrected chi connectivity index (χ4v) is 4.55. The van der Waals surface area contributed by atoms with E-state index in [2.05, 4.69) is 12.1 Å². The van der Waals surface area contributed by atoms with E-state index in [0.717, 1.165) is 16.7 Å². The van der Waals surface area contributed by atoms with Crippen molar-refractivity contribution in [1.82, 2.24) is 4.90 Å². The summed E-state index contributed by atoms with van der Waals surface area (Å²) in [5.74, 6) is -0.150. The molecule has 3 aromatic rings. The highest BCUT2D eigenvalue weighted by molar-refractivity contribution is 5.75. The molecule has 142 valence electrons.